The molecule has 0 aromatic heterocycles. The zero-order valence-corrected chi connectivity index (χ0v) is 18.9. The quantitative estimate of drug-likeness (QED) is 0.171. The maximum Gasteiger partial charge on any atom is 0.356 e. The summed E-state index contributed by atoms with van der Waals surface area (Å²) in [5.74, 6) is -0.395. The summed E-state index contributed by atoms with van der Waals surface area (Å²) in [6.45, 7) is 4.41. The molecule has 1 N–H and O–H groups in total. The first-order valence-corrected chi connectivity index (χ1v) is 10.6. The van der Waals surface area contributed by atoms with Gasteiger partial charge < -0.3 is 9.47 Å². The zero-order valence-electron chi connectivity index (χ0n) is 18.9. The second-order valence-corrected chi connectivity index (χ2v) is 7.12. The lowest BCUT2D eigenvalue weighted by Crippen LogP contribution is -2.21. The SMILES string of the molecule is CCOc1ccc(C(=O)C=C(NN=C(c2ccccc2)c2ccccc2C)C(=O)OC)cc1. The Hall–Kier alpha value is -4.19. The van der Waals surface area contributed by atoms with Crippen LogP contribution in [-0.2, 0) is 9.53 Å². The number of allylic oxidation sites excluding steroid dienone is 1. The van der Waals surface area contributed by atoms with Gasteiger partial charge in [0.2, 0.25) is 0 Å². The fraction of sp³-hybridized carbons (Fsp3) is 0.148. The second-order valence-electron chi connectivity index (χ2n) is 7.12. The number of rotatable bonds is 9. The van der Waals surface area contributed by atoms with Gasteiger partial charge in [-0.25, -0.2) is 4.79 Å². The lowest BCUT2D eigenvalue weighted by molar-refractivity contribution is -0.136. The van der Waals surface area contributed by atoms with Crippen LogP contribution in [0.15, 0.2) is 95.7 Å². The number of esters is 1. The molecule has 0 saturated heterocycles. The number of aryl methyl sites for hydroxylation is 1. The lowest BCUT2D eigenvalue weighted by Gasteiger charge is -2.12. The van der Waals surface area contributed by atoms with Crippen LogP contribution in [0.5, 0.6) is 5.75 Å². The van der Waals surface area contributed by atoms with Gasteiger partial charge in [0, 0.05) is 22.8 Å². The number of benzene rings is 3. The predicted octanol–water partition coefficient (Wildman–Crippen LogP) is 4.68. The van der Waals surface area contributed by atoms with Gasteiger partial charge in [-0.15, -0.1) is 0 Å². The van der Waals surface area contributed by atoms with Crippen molar-refractivity contribution in [1.82, 2.24) is 5.43 Å². The molecule has 6 nitrogen and oxygen atoms in total. The molecule has 6 heteroatoms. The highest BCUT2D eigenvalue weighted by Gasteiger charge is 2.15. The number of carbonyl (C=O) groups excluding carboxylic acids is 2. The number of hydrazone groups is 1. The van der Waals surface area contributed by atoms with Crippen LogP contribution in [0, 0.1) is 6.92 Å². The molecule has 0 bridgehead atoms. The molecule has 0 fully saturated rings. The molecule has 0 amide bonds. The topological polar surface area (TPSA) is 77.0 Å². The molecule has 0 radical (unpaired) electrons. The van der Waals surface area contributed by atoms with E-state index < -0.39 is 5.97 Å². The Morgan fingerprint density at radius 3 is 2.21 bits per heavy atom. The van der Waals surface area contributed by atoms with Crippen molar-refractivity contribution in [2.45, 2.75) is 13.8 Å². The fourth-order valence-electron chi connectivity index (χ4n) is 3.17. The van der Waals surface area contributed by atoms with Crippen molar-refractivity contribution in [3.8, 4) is 5.75 Å². The Balaban J connectivity index is 1.95. The van der Waals surface area contributed by atoms with Gasteiger partial charge in [-0.1, -0.05) is 54.6 Å². The normalized spacial score (nSPS) is 11.6. The molecule has 3 aromatic rings. The molecule has 168 valence electrons. The Morgan fingerprint density at radius 2 is 1.58 bits per heavy atom. The molecule has 0 aliphatic rings. The Labute approximate surface area is 193 Å². The molecular formula is C27H26N2O4. The summed E-state index contributed by atoms with van der Waals surface area (Å²) in [5, 5.41) is 4.50. The maximum absolute atomic E-state index is 12.8. The van der Waals surface area contributed by atoms with Crippen molar-refractivity contribution in [3.63, 3.8) is 0 Å². The number of ketones is 1. The number of carbonyl (C=O) groups is 2. The van der Waals surface area contributed by atoms with Crippen molar-refractivity contribution in [2.24, 2.45) is 5.10 Å². The van der Waals surface area contributed by atoms with Gasteiger partial charge in [-0.2, -0.15) is 5.10 Å². The van der Waals surface area contributed by atoms with Crippen molar-refractivity contribution in [2.75, 3.05) is 13.7 Å². The summed E-state index contributed by atoms with van der Waals surface area (Å²) in [4.78, 5) is 25.1. The third-order valence-corrected chi connectivity index (χ3v) is 4.87. The van der Waals surface area contributed by atoms with Gasteiger partial charge in [-0.05, 0) is 43.7 Å². The van der Waals surface area contributed by atoms with E-state index in [1.807, 2.05) is 68.4 Å². The third kappa shape index (κ3) is 6.17. The molecule has 0 aliphatic carbocycles. The minimum atomic E-state index is -0.699. The average molecular weight is 443 g/mol. The first kappa shape index (κ1) is 23.5. The predicted molar refractivity (Wildman–Crippen MR) is 128 cm³/mol. The van der Waals surface area contributed by atoms with E-state index in [0.29, 0.717) is 23.6 Å². The van der Waals surface area contributed by atoms with E-state index >= 15 is 0 Å². The number of hydrogen-bond donors (Lipinski definition) is 1. The highest BCUT2D eigenvalue weighted by molar-refractivity contribution is 6.14. The fourth-order valence-corrected chi connectivity index (χ4v) is 3.17. The van der Waals surface area contributed by atoms with Crippen LogP contribution in [0.2, 0.25) is 0 Å². The first-order valence-electron chi connectivity index (χ1n) is 10.6. The first-order chi connectivity index (χ1) is 16.0. The van der Waals surface area contributed by atoms with Gasteiger partial charge in [0.25, 0.3) is 0 Å². The minimum absolute atomic E-state index is 0.0709. The van der Waals surface area contributed by atoms with Gasteiger partial charge in [0.1, 0.15) is 11.4 Å². The van der Waals surface area contributed by atoms with Crippen LogP contribution >= 0.6 is 0 Å². The molecule has 33 heavy (non-hydrogen) atoms. The lowest BCUT2D eigenvalue weighted by atomic mass is 9.98. The molecule has 3 aromatic carbocycles. The zero-order chi connectivity index (χ0) is 23.6. The van der Waals surface area contributed by atoms with E-state index in [2.05, 4.69) is 10.5 Å². The summed E-state index contributed by atoms with van der Waals surface area (Å²) < 4.78 is 10.3. The van der Waals surface area contributed by atoms with E-state index in [0.717, 1.165) is 16.7 Å². The average Bonchev–Trinajstić information content (AvgIpc) is 2.85. The van der Waals surface area contributed by atoms with Crippen LogP contribution in [0.25, 0.3) is 0 Å². The summed E-state index contributed by atoms with van der Waals surface area (Å²) >= 11 is 0. The van der Waals surface area contributed by atoms with Crippen LogP contribution in [0.1, 0.15) is 34.0 Å². The Kier molecular flexibility index (Phi) is 8.13. The minimum Gasteiger partial charge on any atom is -0.494 e. The Bertz CT molecular complexity index is 1170. The molecule has 0 spiro atoms. The van der Waals surface area contributed by atoms with E-state index in [-0.39, 0.29) is 11.5 Å². The molecule has 0 unspecified atom stereocenters. The summed E-state index contributed by atoms with van der Waals surface area (Å²) in [5.41, 5.74) is 6.52. The standard InChI is InChI=1S/C27H26N2O4/c1-4-33-22-16-14-20(15-17-22)25(30)18-24(27(31)32-3)28-29-26(21-11-6-5-7-12-21)23-13-9-8-10-19(23)2/h5-18,28H,4H2,1-3H3. The molecule has 3 rings (SSSR count). The number of methoxy groups -OCH3 is 1. The number of nitrogens with zero attached hydrogens (tertiary/aromatic N) is 1. The van der Waals surface area contributed by atoms with Crippen molar-refractivity contribution >= 4 is 17.5 Å². The molecule has 0 heterocycles. The number of hydrogen-bond acceptors (Lipinski definition) is 6. The summed E-state index contributed by atoms with van der Waals surface area (Å²) in [7, 11) is 1.25. The van der Waals surface area contributed by atoms with Crippen molar-refractivity contribution in [3.05, 3.63) is 113 Å². The number of nitrogens with one attached hydrogen (secondary N) is 1. The molecule has 0 saturated carbocycles. The smallest absolute Gasteiger partial charge is 0.356 e. The molecule has 0 atom stereocenters. The van der Waals surface area contributed by atoms with E-state index in [1.165, 1.54) is 13.2 Å². The van der Waals surface area contributed by atoms with Crippen LogP contribution in [0.3, 0.4) is 0 Å². The van der Waals surface area contributed by atoms with Crippen molar-refractivity contribution in [1.29, 1.82) is 0 Å². The van der Waals surface area contributed by atoms with Crippen LogP contribution in [-0.4, -0.2) is 31.2 Å². The monoisotopic (exact) mass is 442 g/mol. The van der Waals surface area contributed by atoms with Gasteiger partial charge in [-0.3, -0.25) is 10.2 Å². The van der Waals surface area contributed by atoms with Gasteiger partial charge in [0.05, 0.1) is 19.4 Å². The third-order valence-electron chi connectivity index (χ3n) is 4.87. The summed E-state index contributed by atoms with van der Waals surface area (Å²) in [6, 6.07) is 24.1. The van der Waals surface area contributed by atoms with Crippen molar-refractivity contribution < 1.29 is 19.1 Å². The van der Waals surface area contributed by atoms with Crippen LogP contribution < -0.4 is 10.2 Å². The molecule has 0 aliphatic heterocycles. The highest BCUT2D eigenvalue weighted by Crippen LogP contribution is 2.16. The van der Waals surface area contributed by atoms with E-state index in [9.17, 15) is 9.59 Å². The second kappa shape index (κ2) is 11.4. The Morgan fingerprint density at radius 1 is 0.909 bits per heavy atom. The van der Waals surface area contributed by atoms with E-state index in [1.54, 1.807) is 24.3 Å². The van der Waals surface area contributed by atoms with Gasteiger partial charge >= 0.3 is 5.97 Å². The number of ether oxygens (including phenoxy) is 2. The van der Waals surface area contributed by atoms with E-state index in [4.69, 9.17) is 9.47 Å². The largest absolute Gasteiger partial charge is 0.494 e. The highest BCUT2D eigenvalue weighted by atomic mass is 16.5. The summed E-state index contributed by atoms with van der Waals surface area (Å²) in [6.07, 6.45) is 1.19. The molecular weight excluding hydrogens is 416 g/mol. The van der Waals surface area contributed by atoms with Gasteiger partial charge in [0.15, 0.2) is 5.78 Å². The maximum atomic E-state index is 12.8. The van der Waals surface area contributed by atoms with Crippen LogP contribution in [0.4, 0.5) is 0 Å².